The van der Waals surface area contributed by atoms with Gasteiger partial charge in [0.1, 0.15) is 36.6 Å². The topological polar surface area (TPSA) is 214 Å². The van der Waals surface area contributed by atoms with Crippen molar-refractivity contribution in [1.82, 2.24) is 25.2 Å². The molecule has 3 heterocycles. The summed E-state index contributed by atoms with van der Waals surface area (Å²) in [7, 11) is 1.71. The summed E-state index contributed by atoms with van der Waals surface area (Å²) >= 11 is 7.95. The van der Waals surface area contributed by atoms with E-state index in [1.54, 1.807) is 58.1 Å². The number of aromatic nitrogens is 2. The molecule has 0 unspecified atom stereocenters. The van der Waals surface area contributed by atoms with Crippen LogP contribution in [-0.2, 0) is 19.1 Å². The van der Waals surface area contributed by atoms with Gasteiger partial charge in [-0.2, -0.15) is 5.26 Å². The number of aryl methyl sites for hydroxylation is 1. The van der Waals surface area contributed by atoms with Crippen LogP contribution in [0.15, 0.2) is 66.3 Å². The summed E-state index contributed by atoms with van der Waals surface area (Å²) in [6, 6.07) is 15.0. The van der Waals surface area contributed by atoms with Crippen molar-refractivity contribution in [3.05, 3.63) is 88.1 Å². The monoisotopic (exact) mass is 956 g/mol. The quantitative estimate of drug-likeness (QED) is 0.0714. The zero-order valence-corrected chi connectivity index (χ0v) is 41.1. The molecule has 4 N–H and O–H groups in total. The number of aliphatic hydroxyl groups excluding tert-OH is 1. The van der Waals surface area contributed by atoms with E-state index in [0.29, 0.717) is 42.3 Å². The van der Waals surface area contributed by atoms with Gasteiger partial charge >= 0.3 is 0 Å². The maximum Gasteiger partial charge on any atom is 0.261 e. The smallest absolute Gasteiger partial charge is 0.261 e. The standard InChI is InChI=1S/C49H61ClN8O8S/c1-29-40(67-28-54-29)30-12-16-33(17-13-30)56(9)55-43(62)37-22-34(59)26-57(37)44(63)41(47(2,3)4)58(39(60)27-64-20-10-11-21-65-38-19-15-32(25-53-38)42(52)61)45-48(5,6)46(49(45,7)8)66-35-18-14-31(24-51)36(50)23-35/h12-19,23,25,28,34,37,41,45-46,59H,10-11,20-22,26-27H2,1-9H3,(H2,52,61)(H,55,62)/t34-,37+,41-,45?,46?/m1/s1. The fourth-order valence-corrected chi connectivity index (χ4v) is 10.8. The highest BCUT2D eigenvalue weighted by Crippen LogP contribution is 2.59. The van der Waals surface area contributed by atoms with Crippen LogP contribution in [0.5, 0.6) is 11.6 Å². The number of β-amino-alcohol motifs (C(OH)–C–C–N with tert-alkyl or cyclic N) is 1. The molecule has 1 saturated carbocycles. The summed E-state index contributed by atoms with van der Waals surface area (Å²) in [6.45, 7) is 15.6. The minimum atomic E-state index is -1.11. The van der Waals surface area contributed by atoms with Gasteiger partial charge in [0.05, 0.1) is 50.6 Å². The lowest BCUT2D eigenvalue weighted by Crippen LogP contribution is -2.78. The number of nitriles is 1. The number of hydrazine groups is 1. The van der Waals surface area contributed by atoms with E-state index in [4.69, 9.17) is 31.5 Å². The average molecular weight is 958 g/mol. The number of nitrogens with two attached hydrogens (primary N) is 1. The molecular formula is C49H61ClN8O8S. The van der Waals surface area contributed by atoms with Crippen LogP contribution in [0.4, 0.5) is 5.69 Å². The molecule has 6 rings (SSSR count). The molecule has 1 saturated heterocycles. The van der Waals surface area contributed by atoms with Crippen LogP contribution in [0.25, 0.3) is 10.4 Å². The maximum atomic E-state index is 15.4. The third-order valence-corrected chi connectivity index (χ3v) is 13.8. The molecule has 2 aromatic heterocycles. The number of nitrogens with zero attached hydrogens (tertiary/aromatic N) is 6. The minimum Gasteiger partial charge on any atom is -0.489 e. The first-order chi connectivity index (χ1) is 31.6. The fourth-order valence-electron chi connectivity index (χ4n) is 9.78. The van der Waals surface area contributed by atoms with Crippen LogP contribution in [0, 0.1) is 34.5 Å². The number of unbranched alkanes of at least 4 members (excludes halogenated alkanes) is 1. The third-order valence-electron chi connectivity index (χ3n) is 12.6. The van der Waals surface area contributed by atoms with Gasteiger partial charge in [-0.1, -0.05) is 72.2 Å². The lowest BCUT2D eigenvalue weighted by atomic mass is 9.48. The van der Waals surface area contributed by atoms with Gasteiger partial charge in [-0.3, -0.25) is 29.6 Å². The van der Waals surface area contributed by atoms with Crippen molar-refractivity contribution in [2.45, 2.75) is 105 Å². The summed E-state index contributed by atoms with van der Waals surface area (Å²) in [5.74, 6) is -1.17. The predicted molar refractivity (Wildman–Crippen MR) is 255 cm³/mol. The SMILES string of the molecule is Cc1ncsc1-c1ccc(N(C)NC(=O)[C@@H]2C[C@@H](O)CN2C(=O)[C@@H](N(C(=O)COCCCCOc2ccc(C(N)=O)cn2)C2C(C)(C)C(Oc3ccc(C#N)c(Cl)c3)C2(C)C)C(C)(C)C)cc1. The number of benzene rings is 2. The number of ether oxygens (including phenoxy) is 3. The number of carbonyl (C=O) groups is 4. The van der Waals surface area contributed by atoms with Crippen LogP contribution in [0.1, 0.15) is 89.3 Å². The fraction of sp³-hybridized carbons (Fsp3) is 0.490. The maximum absolute atomic E-state index is 15.4. The van der Waals surface area contributed by atoms with E-state index in [-0.39, 0.29) is 36.8 Å². The Bertz CT molecular complexity index is 2450. The Balaban J connectivity index is 1.22. The largest absolute Gasteiger partial charge is 0.489 e. The Hall–Kier alpha value is -5.80. The third kappa shape index (κ3) is 11.2. The van der Waals surface area contributed by atoms with E-state index in [9.17, 15) is 24.8 Å². The first-order valence-corrected chi connectivity index (χ1v) is 23.5. The second kappa shape index (κ2) is 20.6. The Morgan fingerprint density at radius 1 is 1.04 bits per heavy atom. The number of anilines is 1. The molecule has 0 spiro atoms. The number of likely N-dealkylation sites (tertiary alicyclic amines) is 1. The summed E-state index contributed by atoms with van der Waals surface area (Å²) in [5.41, 5.74) is 10.8. The number of aliphatic hydroxyl groups is 1. The van der Waals surface area contributed by atoms with E-state index in [0.717, 1.165) is 16.1 Å². The van der Waals surface area contributed by atoms with Crippen molar-refractivity contribution in [2.24, 2.45) is 22.0 Å². The van der Waals surface area contributed by atoms with E-state index in [1.165, 1.54) is 17.2 Å². The number of primary amides is 1. The van der Waals surface area contributed by atoms with Gasteiger partial charge in [0, 0.05) is 61.8 Å². The average Bonchev–Trinajstić information content (AvgIpc) is 3.89. The van der Waals surface area contributed by atoms with E-state index in [1.807, 2.05) is 79.7 Å². The summed E-state index contributed by atoms with van der Waals surface area (Å²) in [6.07, 6.45) is 1.01. The van der Waals surface area contributed by atoms with Crippen molar-refractivity contribution in [3.8, 4) is 28.1 Å². The number of pyridine rings is 1. The van der Waals surface area contributed by atoms with Crippen LogP contribution in [0.3, 0.4) is 0 Å². The van der Waals surface area contributed by atoms with E-state index < -0.39 is 70.2 Å². The molecule has 4 amide bonds. The van der Waals surface area contributed by atoms with Gasteiger partial charge in [-0.05, 0) is 61.1 Å². The van der Waals surface area contributed by atoms with E-state index in [2.05, 4.69) is 21.5 Å². The van der Waals surface area contributed by atoms with Crippen molar-refractivity contribution in [1.29, 1.82) is 5.26 Å². The first-order valence-electron chi connectivity index (χ1n) is 22.2. The second-order valence-electron chi connectivity index (χ2n) is 19.5. The summed E-state index contributed by atoms with van der Waals surface area (Å²) in [4.78, 5) is 68.4. The molecule has 0 radical (unpaired) electrons. The molecule has 3 atom stereocenters. The summed E-state index contributed by atoms with van der Waals surface area (Å²) < 4.78 is 18.3. The molecule has 4 aromatic rings. The first kappa shape index (κ1) is 50.6. The van der Waals surface area contributed by atoms with Gasteiger partial charge in [-0.15, -0.1) is 11.3 Å². The number of amides is 4. The number of hydrogen-bond donors (Lipinski definition) is 3. The zero-order chi connectivity index (χ0) is 49.0. The number of halogens is 1. The minimum absolute atomic E-state index is 0.00483. The Labute approximate surface area is 401 Å². The molecule has 16 nitrogen and oxygen atoms in total. The Morgan fingerprint density at radius 2 is 1.73 bits per heavy atom. The Kier molecular flexibility index (Phi) is 15.6. The van der Waals surface area contributed by atoms with Gasteiger partial charge in [-0.25, -0.2) is 9.97 Å². The van der Waals surface area contributed by atoms with Gasteiger partial charge in [0.25, 0.3) is 5.91 Å². The molecule has 358 valence electrons. The molecule has 0 bridgehead atoms. The number of carbonyl (C=O) groups excluding carboxylic acids is 4. The number of rotatable bonds is 18. The van der Waals surface area contributed by atoms with Crippen LogP contribution >= 0.6 is 22.9 Å². The lowest BCUT2D eigenvalue weighted by Gasteiger charge is -2.67. The molecule has 2 aliphatic rings. The zero-order valence-electron chi connectivity index (χ0n) is 39.5. The summed E-state index contributed by atoms with van der Waals surface area (Å²) in [5, 5.41) is 22.4. The molecule has 2 aromatic carbocycles. The van der Waals surface area contributed by atoms with Crippen LogP contribution in [0.2, 0.25) is 5.02 Å². The molecular weight excluding hydrogens is 896 g/mol. The molecule has 2 fully saturated rings. The molecule has 1 aliphatic heterocycles. The Morgan fingerprint density at radius 3 is 2.31 bits per heavy atom. The molecule has 18 heteroatoms. The van der Waals surface area contributed by atoms with Crippen molar-refractivity contribution in [3.63, 3.8) is 0 Å². The number of nitrogens with one attached hydrogen (secondary N) is 1. The van der Waals surface area contributed by atoms with Crippen molar-refractivity contribution < 1.29 is 38.5 Å². The predicted octanol–water partition coefficient (Wildman–Crippen LogP) is 6.57. The van der Waals surface area contributed by atoms with Crippen LogP contribution < -0.4 is 25.6 Å². The van der Waals surface area contributed by atoms with Crippen molar-refractivity contribution in [2.75, 3.05) is 38.4 Å². The number of thiazole rings is 1. The molecule has 67 heavy (non-hydrogen) atoms. The highest BCUT2D eigenvalue weighted by molar-refractivity contribution is 7.13. The normalized spacial score (nSPS) is 19.9. The lowest BCUT2D eigenvalue weighted by molar-refractivity contribution is -0.226. The van der Waals surface area contributed by atoms with E-state index >= 15 is 4.79 Å². The highest BCUT2D eigenvalue weighted by Gasteiger charge is 2.68. The van der Waals surface area contributed by atoms with Gasteiger partial charge in [0.15, 0.2) is 0 Å². The highest BCUT2D eigenvalue weighted by atomic mass is 35.5. The van der Waals surface area contributed by atoms with Crippen LogP contribution in [-0.4, -0.2) is 112 Å². The number of hydrogen-bond acceptors (Lipinski definition) is 13. The van der Waals surface area contributed by atoms with Gasteiger partial charge in [0.2, 0.25) is 23.6 Å². The van der Waals surface area contributed by atoms with Crippen molar-refractivity contribution >= 4 is 52.3 Å². The second-order valence-corrected chi connectivity index (χ2v) is 20.7. The molecule has 1 aliphatic carbocycles. The van der Waals surface area contributed by atoms with Gasteiger partial charge < -0.3 is 34.9 Å².